The first-order chi connectivity index (χ1) is 10.1. The van der Waals surface area contributed by atoms with Gasteiger partial charge in [0.05, 0.1) is 0 Å². The van der Waals surface area contributed by atoms with Gasteiger partial charge < -0.3 is 0 Å². The van der Waals surface area contributed by atoms with Crippen molar-refractivity contribution in [3.63, 3.8) is 0 Å². The van der Waals surface area contributed by atoms with Crippen LogP contribution in [0.15, 0.2) is 0 Å². The van der Waals surface area contributed by atoms with Crippen molar-refractivity contribution in [2.75, 3.05) is 0 Å². The van der Waals surface area contributed by atoms with Crippen molar-refractivity contribution in [3.8, 4) is 0 Å². The van der Waals surface area contributed by atoms with Crippen LogP contribution in [0.5, 0.6) is 0 Å². The van der Waals surface area contributed by atoms with Crippen LogP contribution in [-0.4, -0.2) is 7.28 Å². The summed E-state index contributed by atoms with van der Waals surface area (Å²) in [5.74, 6) is 6.63. The van der Waals surface area contributed by atoms with Gasteiger partial charge in [-0.2, -0.15) is 0 Å². The van der Waals surface area contributed by atoms with E-state index in [4.69, 9.17) is 0 Å². The van der Waals surface area contributed by atoms with Gasteiger partial charge in [-0.25, -0.2) is 0 Å². The average molecular weight is 299 g/mol. The van der Waals surface area contributed by atoms with E-state index < -0.39 is 0 Å². The Kier molecular flexibility index (Phi) is 3.09. The fraction of sp³-hybridized carbons (Fsp3) is 1.00. The molecule has 6 aliphatic carbocycles. The third-order valence-electron chi connectivity index (χ3n) is 9.88. The van der Waals surface area contributed by atoms with Crippen molar-refractivity contribution in [1.29, 1.82) is 0 Å². The van der Waals surface area contributed by atoms with Gasteiger partial charge in [0.1, 0.15) is 7.28 Å². The molecule has 0 amide bonds. The van der Waals surface area contributed by atoms with Crippen LogP contribution in [0, 0.1) is 46.3 Å². The maximum absolute atomic E-state index is 2.88. The summed E-state index contributed by atoms with van der Waals surface area (Å²) in [6.45, 7) is 17.8. The van der Waals surface area contributed by atoms with Gasteiger partial charge in [0.2, 0.25) is 0 Å². The number of rotatable bonds is 2. The Morgan fingerprint density at radius 1 is 0.773 bits per heavy atom. The van der Waals surface area contributed by atoms with Gasteiger partial charge in [0.15, 0.2) is 0 Å². The second-order valence-corrected chi connectivity index (χ2v) is 11.1. The monoisotopic (exact) mass is 299 g/mol. The van der Waals surface area contributed by atoms with Gasteiger partial charge in [-0.3, -0.25) is 0 Å². The molecule has 1 unspecified atom stereocenters. The Morgan fingerprint density at radius 3 is 1.86 bits per heavy atom. The van der Waals surface area contributed by atoms with Crippen LogP contribution in [0.1, 0.15) is 74.1 Å². The fourth-order valence-corrected chi connectivity index (χ4v) is 7.55. The number of fused-ring (bicyclic) bond motifs is 4. The van der Waals surface area contributed by atoms with Crippen LogP contribution < -0.4 is 0 Å². The lowest BCUT2D eigenvalue weighted by atomic mass is 9.26. The van der Waals surface area contributed by atoms with Crippen molar-refractivity contribution in [2.24, 2.45) is 46.3 Å². The molecule has 1 heteroatoms. The molecule has 0 aromatic rings. The lowest BCUT2D eigenvalue weighted by Crippen LogP contribution is -2.59. The topological polar surface area (TPSA) is 0 Å². The predicted octanol–water partition coefficient (Wildman–Crippen LogP) is 6.06. The molecule has 6 saturated carbocycles. The Hall–Kier alpha value is 0.0649. The van der Waals surface area contributed by atoms with E-state index in [1.807, 2.05) is 0 Å². The quantitative estimate of drug-likeness (QED) is 0.543. The van der Waals surface area contributed by atoms with E-state index in [0.29, 0.717) is 16.1 Å². The van der Waals surface area contributed by atoms with Gasteiger partial charge in [-0.05, 0) is 59.2 Å². The largest absolute Gasteiger partial charge is 0.122 e. The maximum Gasteiger partial charge on any atom is 0.122 e. The van der Waals surface area contributed by atoms with Gasteiger partial charge in [0.25, 0.3) is 0 Å². The van der Waals surface area contributed by atoms with E-state index in [0.717, 1.165) is 41.3 Å². The lowest BCUT2D eigenvalue weighted by molar-refractivity contribution is -0.122. The molecule has 0 nitrogen and oxygen atoms in total. The molecule has 0 aromatic heterocycles. The van der Waals surface area contributed by atoms with Crippen molar-refractivity contribution < 1.29 is 0 Å². The number of hydrogen-bond acceptors (Lipinski definition) is 0. The molecular formula is C21H36B. The molecular weight excluding hydrogens is 263 g/mol. The van der Waals surface area contributed by atoms with Crippen LogP contribution in [0.25, 0.3) is 0 Å². The van der Waals surface area contributed by atoms with Crippen LogP contribution >= 0.6 is 0 Å². The van der Waals surface area contributed by atoms with Crippen molar-refractivity contribution in [3.05, 3.63) is 0 Å². The molecule has 0 spiro atoms. The first-order valence-corrected chi connectivity index (χ1v) is 9.93. The molecule has 0 aliphatic heterocycles. The third-order valence-corrected chi connectivity index (χ3v) is 9.88. The highest BCUT2D eigenvalue weighted by Crippen LogP contribution is 2.71. The van der Waals surface area contributed by atoms with E-state index >= 15 is 0 Å². The van der Waals surface area contributed by atoms with Gasteiger partial charge >= 0.3 is 0 Å². The van der Waals surface area contributed by atoms with E-state index in [2.05, 4.69) is 55.7 Å². The molecule has 6 rings (SSSR count). The summed E-state index contributed by atoms with van der Waals surface area (Å²) in [4.78, 5) is 0. The minimum absolute atomic E-state index is 0.510. The highest BCUT2D eigenvalue weighted by molar-refractivity contribution is 6.42. The standard InChI is InChI=1S/C21H36B/c1-12-16-8-14(19(16,3)4)10-18(12)22-21(7)11-15-9-17(13(21)2)20(15,5)6/h12-18H,8-11H2,1-7H3/t12-,13-,14+,15+,16-,17-,18?,21+/m1/s1. The Balaban J connectivity index is 1.48. The second kappa shape index (κ2) is 4.37. The molecule has 22 heavy (non-hydrogen) atoms. The van der Waals surface area contributed by atoms with E-state index in [9.17, 15) is 0 Å². The molecule has 0 N–H and O–H groups in total. The second-order valence-electron chi connectivity index (χ2n) is 11.1. The molecule has 1 radical (unpaired) electrons. The van der Waals surface area contributed by atoms with Crippen molar-refractivity contribution in [1.82, 2.24) is 0 Å². The Morgan fingerprint density at radius 2 is 1.36 bits per heavy atom. The number of hydrogen-bond donors (Lipinski definition) is 0. The first-order valence-electron chi connectivity index (χ1n) is 9.93. The van der Waals surface area contributed by atoms with E-state index in [1.54, 1.807) is 0 Å². The van der Waals surface area contributed by atoms with Crippen LogP contribution in [-0.2, 0) is 0 Å². The van der Waals surface area contributed by atoms with Crippen molar-refractivity contribution in [2.45, 2.75) is 85.3 Å². The van der Waals surface area contributed by atoms with Gasteiger partial charge in [-0.15, -0.1) is 0 Å². The molecule has 0 aromatic carbocycles. The predicted molar refractivity (Wildman–Crippen MR) is 96.2 cm³/mol. The summed E-state index contributed by atoms with van der Waals surface area (Å²) in [6.07, 6.45) is 5.96. The zero-order chi connectivity index (χ0) is 16.1. The van der Waals surface area contributed by atoms with Crippen LogP contribution in [0.2, 0.25) is 11.1 Å². The fourth-order valence-electron chi connectivity index (χ4n) is 7.55. The summed E-state index contributed by atoms with van der Waals surface area (Å²) in [5, 5.41) is 0.510. The average Bonchev–Trinajstić information content (AvgIpc) is 2.43. The molecule has 0 heterocycles. The normalized spacial score (nSPS) is 57.5. The van der Waals surface area contributed by atoms with Crippen LogP contribution in [0.3, 0.4) is 0 Å². The minimum atomic E-state index is 0.510. The SMILES string of the molecule is C[C@@H]1[C@H]2C[C@@H](C[C@]1(C)[B]C1C[C@@H]3C[C@H]([C@H]1C)C3(C)C)C2(C)C. The Bertz CT molecular complexity index is 478. The molecule has 6 aliphatic rings. The maximum atomic E-state index is 2.88. The van der Waals surface area contributed by atoms with Gasteiger partial charge in [0, 0.05) is 0 Å². The lowest BCUT2D eigenvalue weighted by Gasteiger charge is -2.68. The summed E-state index contributed by atoms with van der Waals surface area (Å²) in [5.41, 5.74) is 1.25. The van der Waals surface area contributed by atoms with Crippen molar-refractivity contribution >= 4 is 7.28 Å². The third kappa shape index (κ3) is 1.78. The zero-order valence-corrected chi connectivity index (χ0v) is 15.9. The van der Waals surface area contributed by atoms with E-state index in [1.165, 1.54) is 25.7 Å². The summed E-state index contributed by atoms with van der Waals surface area (Å²) < 4.78 is 0. The highest BCUT2D eigenvalue weighted by atomic mass is 14.6. The van der Waals surface area contributed by atoms with Crippen LogP contribution in [0.4, 0.5) is 0 Å². The molecule has 6 fully saturated rings. The van der Waals surface area contributed by atoms with Gasteiger partial charge in [-0.1, -0.05) is 72.4 Å². The first kappa shape index (κ1) is 15.6. The Labute approximate surface area is 139 Å². The molecule has 0 saturated heterocycles. The summed E-state index contributed by atoms with van der Waals surface area (Å²) in [6, 6.07) is 0. The minimum Gasteiger partial charge on any atom is -0.0666 e. The molecule has 8 atom stereocenters. The molecule has 4 bridgehead atoms. The van der Waals surface area contributed by atoms with E-state index in [-0.39, 0.29) is 0 Å². The molecule has 123 valence electrons. The summed E-state index contributed by atoms with van der Waals surface area (Å²) in [7, 11) is 2.88. The zero-order valence-electron chi connectivity index (χ0n) is 15.9. The summed E-state index contributed by atoms with van der Waals surface area (Å²) >= 11 is 0. The highest BCUT2D eigenvalue weighted by Gasteiger charge is 2.62. The smallest absolute Gasteiger partial charge is 0.0666 e.